The monoisotopic (exact) mass is 408 g/mol. The number of thiophene rings is 1. The molecule has 0 amide bonds. The molecule has 0 aliphatic heterocycles. The summed E-state index contributed by atoms with van der Waals surface area (Å²) in [6.45, 7) is 2.70. The first-order chi connectivity index (χ1) is 12.7. The quantitative estimate of drug-likeness (QED) is 0.170. The predicted octanol–water partition coefficient (Wildman–Crippen LogP) is 5.08. The van der Waals surface area contributed by atoms with Gasteiger partial charge in [0.15, 0.2) is 5.16 Å². The van der Waals surface area contributed by atoms with Crippen molar-refractivity contribution in [2.45, 2.75) is 18.5 Å². The Labute approximate surface area is 164 Å². The van der Waals surface area contributed by atoms with Crippen molar-refractivity contribution in [3.63, 3.8) is 0 Å². The van der Waals surface area contributed by atoms with Crippen LogP contribution in [0.3, 0.4) is 0 Å². The van der Waals surface area contributed by atoms with E-state index < -0.39 is 5.97 Å². The summed E-state index contributed by atoms with van der Waals surface area (Å²) < 4.78 is 10.7. The average Bonchev–Trinajstić information content (AvgIpc) is 3.07. The number of benzene rings is 1. The van der Waals surface area contributed by atoms with Crippen molar-refractivity contribution in [3.8, 4) is 5.75 Å². The summed E-state index contributed by atoms with van der Waals surface area (Å²) in [4.78, 5) is 21.5. The molecule has 0 unspecified atom stereocenters. The Balaban J connectivity index is 1.58. The highest BCUT2D eigenvalue weighted by Crippen LogP contribution is 2.32. The third-order valence-corrected chi connectivity index (χ3v) is 5.48. The number of para-hydroxylation sites is 1. The number of esters is 1. The molecule has 1 aromatic carbocycles. The van der Waals surface area contributed by atoms with Crippen LogP contribution in [-0.2, 0) is 4.74 Å². The molecular formula is C18H17ClN2O3S2. The maximum absolute atomic E-state index is 12.0. The lowest BCUT2D eigenvalue weighted by atomic mass is 10.2. The van der Waals surface area contributed by atoms with Crippen molar-refractivity contribution in [2.24, 2.45) is 0 Å². The van der Waals surface area contributed by atoms with Gasteiger partial charge in [0.05, 0.1) is 24.2 Å². The fraction of sp³-hybridized carbons (Fsp3) is 0.278. The van der Waals surface area contributed by atoms with Crippen molar-refractivity contribution in [2.75, 3.05) is 19.0 Å². The van der Waals surface area contributed by atoms with Crippen LogP contribution in [-0.4, -0.2) is 34.9 Å². The number of hydrogen-bond acceptors (Lipinski definition) is 7. The number of fused-ring (bicyclic) bond motifs is 1. The molecule has 0 bridgehead atoms. The molecule has 0 saturated carbocycles. The summed E-state index contributed by atoms with van der Waals surface area (Å²) in [5.41, 5.74) is 0.421. The normalized spacial score (nSPS) is 10.8. The van der Waals surface area contributed by atoms with Crippen molar-refractivity contribution >= 4 is 50.9 Å². The molecule has 0 atom stereocenters. The molecule has 0 radical (unpaired) electrons. The van der Waals surface area contributed by atoms with E-state index in [1.807, 2.05) is 30.3 Å². The SMILES string of the molecule is CCOC(=O)c1csc2nc(SCCCOc3ccccc3)nc(Cl)c12. The maximum atomic E-state index is 12.0. The highest BCUT2D eigenvalue weighted by atomic mass is 35.5. The standard InChI is InChI=1S/C18H17ClN2O3S2/c1-2-23-17(22)13-11-26-16-14(13)15(19)20-18(21-16)25-10-6-9-24-12-7-4-3-5-8-12/h3-5,7-8,11H,2,6,9-10H2,1H3. The van der Waals surface area contributed by atoms with Gasteiger partial charge in [-0.1, -0.05) is 41.6 Å². The number of hydrogen-bond donors (Lipinski definition) is 0. The smallest absolute Gasteiger partial charge is 0.339 e. The molecule has 0 aliphatic rings. The van der Waals surface area contributed by atoms with Gasteiger partial charge in [-0.25, -0.2) is 14.8 Å². The molecular weight excluding hydrogens is 392 g/mol. The lowest BCUT2D eigenvalue weighted by Crippen LogP contribution is -2.04. The van der Waals surface area contributed by atoms with Crippen LogP contribution in [0.5, 0.6) is 5.75 Å². The first-order valence-electron chi connectivity index (χ1n) is 8.11. The summed E-state index contributed by atoms with van der Waals surface area (Å²) in [5.74, 6) is 1.27. The predicted molar refractivity (Wildman–Crippen MR) is 106 cm³/mol. The van der Waals surface area contributed by atoms with Crippen LogP contribution in [0.25, 0.3) is 10.2 Å². The molecule has 0 N–H and O–H groups in total. The van der Waals surface area contributed by atoms with Crippen LogP contribution in [0.1, 0.15) is 23.7 Å². The minimum atomic E-state index is -0.400. The molecule has 0 aliphatic carbocycles. The lowest BCUT2D eigenvalue weighted by Gasteiger charge is -2.06. The van der Waals surface area contributed by atoms with E-state index in [4.69, 9.17) is 21.1 Å². The van der Waals surface area contributed by atoms with Crippen molar-refractivity contribution in [3.05, 3.63) is 46.4 Å². The molecule has 136 valence electrons. The zero-order valence-electron chi connectivity index (χ0n) is 14.1. The molecule has 0 spiro atoms. The lowest BCUT2D eigenvalue weighted by molar-refractivity contribution is 0.0529. The van der Waals surface area contributed by atoms with E-state index in [-0.39, 0.29) is 5.15 Å². The van der Waals surface area contributed by atoms with Crippen LogP contribution < -0.4 is 4.74 Å². The number of ether oxygens (including phenoxy) is 2. The Morgan fingerprint density at radius 1 is 1.27 bits per heavy atom. The van der Waals surface area contributed by atoms with Crippen LogP contribution >= 0.6 is 34.7 Å². The van der Waals surface area contributed by atoms with Gasteiger partial charge in [-0.2, -0.15) is 0 Å². The van der Waals surface area contributed by atoms with Gasteiger partial charge in [0.2, 0.25) is 0 Å². The highest BCUT2D eigenvalue weighted by molar-refractivity contribution is 7.99. The number of aromatic nitrogens is 2. The third-order valence-electron chi connectivity index (χ3n) is 3.40. The fourth-order valence-electron chi connectivity index (χ4n) is 2.23. The van der Waals surface area contributed by atoms with Crippen LogP contribution in [0.2, 0.25) is 5.15 Å². The van der Waals surface area contributed by atoms with Gasteiger partial charge >= 0.3 is 5.97 Å². The number of thioether (sulfide) groups is 1. The average molecular weight is 409 g/mol. The Hall–Kier alpha value is -1.83. The van der Waals surface area contributed by atoms with Gasteiger partial charge in [-0.3, -0.25) is 0 Å². The van der Waals surface area contributed by atoms with Crippen molar-refractivity contribution in [1.82, 2.24) is 9.97 Å². The summed E-state index contributed by atoms with van der Waals surface area (Å²) >= 11 is 9.16. The Kier molecular flexibility index (Phi) is 6.71. The Bertz CT molecular complexity index is 887. The molecule has 5 nitrogen and oxygen atoms in total. The highest BCUT2D eigenvalue weighted by Gasteiger charge is 2.18. The summed E-state index contributed by atoms with van der Waals surface area (Å²) in [5, 5.41) is 3.15. The van der Waals surface area contributed by atoms with Gasteiger partial charge < -0.3 is 9.47 Å². The minimum absolute atomic E-state index is 0.280. The number of halogens is 1. The first kappa shape index (κ1) is 18.9. The number of carbonyl (C=O) groups excluding carboxylic acids is 1. The number of carbonyl (C=O) groups is 1. The third kappa shape index (κ3) is 4.66. The van der Waals surface area contributed by atoms with Crippen molar-refractivity contribution in [1.29, 1.82) is 0 Å². The number of rotatable bonds is 8. The van der Waals surface area contributed by atoms with Crippen LogP contribution in [0.4, 0.5) is 0 Å². The van der Waals surface area contributed by atoms with Gasteiger partial charge in [0.25, 0.3) is 0 Å². The second kappa shape index (κ2) is 9.21. The molecule has 3 aromatic rings. The van der Waals surface area contributed by atoms with Crippen LogP contribution in [0.15, 0.2) is 40.9 Å². The first-order valence-corrected chi connectivity index (χ1v) is 10.4. The van der Waals surface area contributed by atoms with E-state index in [0.29, 0.717) is 34.2 Å². The van der Waals surface area contributed by atoms with E-state index in [1.165, 1.54) is 23.1 Å². The minimum Gasteiger partial charge on any atom is -0.494 e. The van der Waals surface area contributed by atoms with E-state index in [1.54, 1.807) is 12.3 Å². The van der Waals surface area contributed by atoms with E-state index in [0.717, 1.165) is 17.9 Å². The zero-order chi connectivity index (χ0) is 18.4. The van der Waals surface area contributed by atoms with Gasteiger partial charge in [0, 0.05) is 11.1 Å². The maximum Gasteiger partial charge on any atom is 0.339 e. The Morgan fingerprint density at radius 2 is 2.08 bits per heavy atom. The second-order valence-electron chi connectivity index (χ2n) is 5.21. The summed E-state index contributed by atoms with van der Waals surface area (Å²) in [7, 11) is 0. The molecule has 2 aromatic heterocycles. The fourth-order valence-corrected chi connectivity index (χ4v) is 4.33. The molecule has 0 fully saturated rings. The van der Waals surface area contributed by atoms with E-state index in [9.17, 15) is 4.79 Å². The summed E-state index contributed by atoms with van der Waals surface area (Å²) in [6.07, 6.45) is 0.858. The second-order valence-corrected chi connectivity index (χ2v) is 7.49. The molecule has 8 heteroatoms. The van der Waals surface area contributed by atoms with Gasteiger partial charge in [-0.05, 0) is 25.5 Å². The van der Waals surface area contributed by atoms with Gasteiger partial charge in [0.1, 0.15) is 15.7 Å². The van der Waals surface area contributed by atoms with Crippen LogP contribution in [0, 0.1) is 0 Å². The van der Waals surface area contributed by atoms with E-state index in [2.05, 4.69) is 9.97 Å². The Morgan fingerprint density at radius 3 is 2.85 bits per heavy atom. The topological polar surface area (TPSA) is 61.3 Å². The molecule has 2 heterocycles. The zero-order valence-corrected chi connectivity index (χ0v) is 16.5. The van der Waals surface area contributed by atoms with Gasteiger partial charge in [-0.15, -0.1) is 11.3 Å². The largest absolute Gasteiger partial charge is 0.494 e. The van der Waals surface area contributed by atoms with E-state index >= 15 is 0 Å². The number of nitrogens with zero attached hydrogens (tertiary/aromatic N) is 2. The summed E-state index contributed by atoms with van der Waals surface area (Å²) in [6, 6.07) is 9.71. The molecule has 0 saturated heterocycles. The molecule has 26 heavy (non-hydrogen) atoms. The van der Waals surface area contributed by atoms with Crippen molar-refractivity contribution < 1.29 is 14.3 Å². The molecule has 3 rings (SSSR count).